The first-order valence-corrected chi connectivity index (χ1v) is 13.5. The van der Waals surface area contributed by atoms with E-state index in [0.717, 1.165) is 37.1 Å². The van der Waals surface area contributed by atoms with Crippen LogP contribution in [-0.4, -0.2) is 51.9 Å². The summed E-state index contributed by atoms with van der Waals surface area (Å²) < 4.78 is 2.11. The van der Waals surface area contributed by atoms with Gasteiger partial charge in [-0.1, -0.05) is 72.8 Å². The third kappa shape index (κ3) is 8.39. The lowest BCUT2D eigenvalue weighted by Crippen LogP contribution is -2.38. The van der Waals surface area contributed by atoms with Gasteiger partial charge < -0.3 is 9.47 Å². The molecule has 1 amide bonds. The molecular weight excluding hydrogens is 482 g/mol. The van der Waals surface area contributed by atoms with E-state index >= 15 is 0 Å². The largest absolute Gasteiger partial charge is 0.345 e. The average molecular weight is 520 g/mol. The number of aromatic nitrogens is 2. The van der Waals surface area contributed by atoms with Gasteiger partial charge in [-0.05, 0) is 48.7 Å². The van der Waals surface area contributed by atoms with Crippen molar-refractivity contribution in [3.8, 4) is 6.07 Å². The van der Waals surface area contributed by atoms with Crippen LogP contribution in [0.4, 0.5) is 0 Å². The van der Waals surface area contributed by atoms with Crippen molar-refractivity contribution in [2.45, 2.75) is 44.8 Å². The molecule has 0 saturated heterocycles. The van der Waals surface area contributed by atoms with Crippen molar-refractivity contribution in [2.24, 2.45) is 0 Å². The number of amides is 1. The van der Waals surface area contributed by atoms with Crippen molar-refractivity contribution in [1.29, 1.82) is 5.26 Å². The number of aryl methyl sites for hydroxylation is 1. The van der Waals surface area contributed by atoms with Crippen LogP contribution in [0.5, 0.6) is 0 Å². The van der Waals surface area contributed by atoms with Gasteiger partial charge in [0.2, 0.25) is 5.91 Å². The highest BCUT2D eigenvalue weighted by Crippen LogP contribution is 2.17. The Morgan fingerprint density at radius 2 is 1.56 bits per heavy atom. The van der Waals surface area contributed by atoms with Gasteiger partial charge in [0.1, 0.15) is 0 Å². The van der Waals surface area contributed by atoms with Crippen LogP contribution in [0.15, 0.2) is 97.5 Å². The first kappa shape index (κ1) is 27.8. The van der Waals surface area contributed by atoms with E-state index in [1.165, 1.54) is 11.1 Å². The van der Waals surface area contributed by atoms with E-state index in [4.69, 9.17) is 5.26 Å². The van der Waals surface area contributed by atoms with E-state index in [0.29, 0.717) is 25.1 Å². The number of carbonyl (C=O) groups is 1. The fourth-order valence-electron chi connectivity index (χ4n) is 4.80. The van der Waals surface area contributed by atoms with Gasteiger partial charge in [0.25, 0.3) is 0 Å². The van der Waals surface area contributed by atoms with Crippen LogP contribution in [0, 0.1) is 11.3 Å². The number of carbonyl (C=O) groups excluding carboxylic acids is 1. The molecule has 6 nitrogen and oxygen atoms in total. The van der Waals surface area contributed by atoms with Crippen LogP contribution in [0.1, 0.15) is 40.8 Å². The maximum Gasteiger partial charge on any atom is 0.223 e. The van der Waals surface area contributed by atoms with Crippen LogP contribution in [0.3, 0.4) is 0 Å². The lowest BCUT2D eigenvalue weighted by Gasteiger charge is -2.30. The van der Waals surface area contributed by atoms with Crippen molar-refractivity contribution in [3.63, 3.8) is 0 Å². The number of imidazole rings is 1. The Morgan fingerprint density at radius 1 is 0.897 bits per heavy atom. The standard InChI is InChI=1S/C33H37N5O/c1-36(20-19-32-23-35-26-38(32)25-30-15-13-28(22-34)14-16-30)33(39)21-31(18-17-27-9-5-3-6-10-27)37(2)24-29-11-7-4-8-12-29/h3-16,23,26,31H,17-21,24-25H2,1-2H3. The molecule has 0 fully saturated rings. The van der Waals surface area contributed by atoms with Crippen molar-refractivity contribution >= 4 is 5.91 Å². The van der Waals surface area contributed by atoms with Gasteiger partial charge in [0.15, 0.2) is 0 Å². The van der Waals surface area contributed by atoms with Crippen molar-refractivity contribution < 1.29 is 4.79 Å². The highest BCUT2D eigenvalue weighted by Gasteiger charge is 2.21. The zero-order chi connectivity index (χ0) is 27.5. The predicted octanol–water partition coefficient (Wildman–Crippen LogP) is 5.33. The second-order valence-corrected chi connectivity index (χ2v) is 10.2. The second-order valence-electron chi connectivity index (χ2n) is 10.2. The van der Waals surface area contributed by atoms with E-state index < -0.39 is 0 Å². The topological polar surface area (TPSA) is 65.2 Å². The maximum absolute atomic E-state index is 13.4. The normalized spacial score (nSPS) is 11.7. The summed E-state index contributed by atoms with van der Waals surface area (Å²) in [4.78, 5) is 21.9. The second kappa shape index (κ2) is 14.1. The van der Waals surface area contributed by atoms with Gasteiger partial charge in [-0.25, -0.2) is 4.98 Å². The summed E-state index contributed by atoms with van der Waals surface area (Å²) in [6.45, 7) is 2.13. The highest BCUT2D eigenvalue weighted by molar-refractivity contribution is 5.76. The Hall–Kier alpha value is -4.21. The molecule has 0 bridgehead atoms. The molecule has 0 aliphatic carbocycles. The molecule has 0 aliphatic heterocycles. The summed E-state index contributed by atoms with van der Waals surface area (Å²) in [5.41, 5.74) is 5.40. The molecule has 0 spiro atoms. The molecule has 1 unspecified atom stereocenters. The summed E-state index contributed by atoms with van der Waals surface area (Å²) in [6.07, 6.45) is 6.77. The lowest BCUT2D eigenvalue weighted by atomic mass is 10.0. The number of likely N-dealkylation sites (N-methyl/N-ethyl adjacent to an activating group) is 1. The average Bonchev–Trinajstić information content (AvgIpc) is 3.41. The van der Waals surface area contributed by atoms with E-state index in [1.807, 2.05) is 60.9 Å². The number of hydrogen-bond acceptors (Lipinski definition) is 4. The van der Waals surface area contributed by atoms with Gasteiger partial charge in [-0.3, -0.25) is 9.69 Å². The minimum atomic E-state index is 0.141. The van der Waals surface area contributed by atoms with Crippen LogP contribution in [0.25, 0.3) is 0 Å². The van der Waals surface area contributed by atoms with Crippen molar-refractivity contribution in [3.05, 3.63) is 125 Å². The molecule has 6 heteroatoms. The molecule has 1 heterocycles. The quantitative estimate of drug-likeness (QED) is 0.240. The molecule has 3 aromatic carbocycles. The fraction of sp³-hybridized carbons (Fsp3) is 0.303. The minimum absolute atomic E-state index is 0.141. The summed E-state index contributed by atoms with van der Waals surface area (Å²) in [5.74, 6) is 0.158. The summed E-state index contributed by atoms with van der Waals surface area (Å²) >= 11 is 0. The Labute approximate surface area is 232 Å². The number of hydrogen-bond donors (Lipinski definition) is 0. The highest BCUT2D eigenvalue weighted by atomic mass is 16.2. The van der Waals surface area contributed by atoms with Crippen LogP contribution in [0.2, 0.25) is 0 Å². The van der Waals surface area contributed by atoms with Crippen LogP contribution < -0.4 is 0 Å². The van der Waals surface area contributed by atoms with Gasteiger partial charge in [0.05, 0.1) is 18.0 Å². The summed E-state index contributed by atoms with van der Waals surface area (Å²) in [6, 6.07) is 30.8. The molecule has 0 N–H and O–H groups in total. The van der Waals surface area contributed by atoms with E-state index in [1.54, 1.807) is 0 Å². The summed E-state index contributed by atoms with van der Waals surface area (Å²) in [5, 5.41) is 9.03. The molecule has 4 rings (SSSR count). The Kier molecular flexibility index (Phi) is 10.0. The third-order valence-electron chi connectivity index (χ3n) is 7.28. The number of rotatable bonds is 13. The van der Waals surface area contributed by atoms with Crippen molar-refractivity contribution in [2.75, 3.05) is 20.6 Å². The van der Waals surface area contributed by atoms with E-state index in [2.05, 4.69) is 76.1 Å². The monoisotopic (exact) mass is 519 g/mol. The van der Waals surface area contributed by atoms with Crippen LogP contribution in [-0.2, 0) is 30.7 Å². The molecule has 0 radical (unpaired) electrons. The maximum atomic E-state index is 13.4. The molecule has 1 aromatic heterocycles. The molecule has 0 saturated carbocycles. The predicted molar refractivity (Wildman–Crippen MR) is 155 cm³/mol. The van der Waals surface area contributed by atoms with Crippen LogP contribution >= 0.6 is 0 Å². The molecule has 0 aliphatic rings. The molecular formula is C33H37N5O. The van der Waals surface area contributed by atoms with E-state index in [-0.39, 0.29) is 11.9 Å². The minimum Gasteiger partial charge on any atom is -0.345 e. The Morgan fingerprint density at radius 3 is 2.23 bits per heavy atom. The van der Waals surface area contributed by atoms with Gasteiger partial charge >= 0.3 is 0 Å². The first-order chi connectivity index (χ1) is 19.0. The smallest absolute Gasteiger partial charge is 0.223 e. The Bertz CT molecular complexity index is 1340. The number of benzene rings is 3. The van der Waals surface area contributed by atoms with Gasteiger partial charge in [-0.2, -0.15) is 5.26 Å². The van der Waals surface area contributed by atoms with E-state index in [9.17, 15) is 4.79 Å². The Balaban J connectivity index is 1.35. The SMILES string of the molecule is CN(CCc1cncn1Cc1ccc(C#N)cc1)C(=O)CC(CCc1ccccc1)N(C)Cc1ccccc1. The summed E-state index contributed by atoms with van der Waals surface area (Å²) in [7, 11) is 4.02. The molecule has 4 aromatic rings. The molecule has 1 atom stereocenters. The van der Waals surface area contributed by atoms with Gasteiger partial charge in [-0.15, -0.1) is 0 Å². The van der Waals surface area contributed by atoms with Gasteiger partial charge in [0, 0.05) is 57.5 Å². The zero-order valence-electron chi connectivity index (χ0n) is 22.9. The number of nitriles is 1. The zero-order valence-corrected chi connectivity index (χ0v) is 22.9. The molecule has 39 heavy (non-hydrogen) atoms. The lowest BCUT2D eigenvalue weighted by molar-refractivity contribution is -0.131. The third-order valence-corrected chi connectivity index (χ3v) is 7.28. The first-order valence-electron chi connectivity index (χ1n) is 13.5. The number of nitrogens with zero attached hydrogens (tertiary/aromatic N) is 5. The van der Waals surface area contributed by atoms with Crippen molar-refractivity contribution in [1.82, 2.24) is 19.4 Å². The fourth-order valence-corrected chi connectivity index (χ4v) is 4.80. The molecule has 200 valence electrons.